The lowest BCUT2D eigenvalue weighted by atomic mass is 10.0. The van der Waals surface area contributed by atoms with Gasteiger partial charge in [0.2, 0.25) is 0 Å². The van der Waals surface area contributed by atoms with Gasteiger partial charge in [-0.05, 0) is 32.1 Å². The fourth-order valence-corrected chi connectivity index (χ4v) is 1.99. The highest BCUT2D eigenvalue weighted by atomic mass is 15.2. The van der Waals surface area contributed by atoms with Gasteiger partial charge in [0, 0.05) is 18.7 Å². The SMILES string of the molecule is N=C(C1=CC[CH]C=C1)N1CCCCC1. The quantitative estimate of drug-likeness (QED) is 0.498. The van der Waals surface area contributed by atoms with Crippen molar-refractivity contribution >= 4 is 5.84 Å². The van der Waals surface area contributed by atoms with Crippen molar-refractivity contribution in [2.24, 2.45) is 0 Å². The molecule has 2 aliphatic rings. The van der Waals surface area contributed by atoms with E-state index in [0.717, 1.165) is 25.1 Å². The minimum atomic E-state index is 0.717. The summed E-state index contributed by atoms with van der Waals surface area (Å²) in [5.41, 5.74) is 1.09. The molecule has 2 heteroatoms. The van der Waals surface area contributed by atoms with Gasteiger partial charge >= 0.3 is 0 Å². The fourth-order valence-electron chi connectivity index (χ4n) is 1.99. The number of nitrogens with one attached hydrogen (secondary N) is 1. The van der Waals surface area contributed by atoms with Gasteiger partial charge in [0.25, 0.3) is 0 Å². The molecule has 1 aliphatic heterocycles. The van der Waals surface area contributed by atoms with E-state index in [0.29, 0.717) is 5.84 Å². The third-order valence-corrected chi connectivity index (χ3v) is 2.83. The van der Waals surface area contributed by atoms with Crippen LogP contribution in [-0.2, 0) is 0 Å². The third kappa shape index (κ3) is 2.06. The summed E-state index contributed by atoms with van der Waals surface area (Å²) in [6.07, 6.45) is 13.1. The normalized spacial score (nSPS) is 22.0. The smallest absolute Gasteiger partial charge is 0.127 e. The lowest BCUT2D eigenvalue weighted by molar-refractivity contribution is 0.341. The highest BCUT2D eigenvalue weighted by Gasteiger charge is 2.15. The Balaban J connectivity index is 1.99. The molecule has 1 fully saturated rings. The first kappa shape index (κ1) is 9.50. The number of piperidine rings is 1. The molecule has 0 aromatic rings. The van der Waals surface area contributed by atoms with E-state index in [9.17, 15) is 0 Å². The molecule has 1 radical (unpaired) electrons. The van der Waals surface area contributed by atoms with Crippen LogP contribution in [0.2, 0.25) is 0 Å². The van der Waals surface area contributed by atoms with Gasteiger partial charge in [0.1, 0.15) is 5.84 Å². The van der Waals surface area contributed by atoms with Crippen LogP contribution in [0.4, 0.5) is 0 Å². The molecule has 0 aromatic carbocycles. The number of hydrogen-bond acceptors (Lipinski definition) is 1. The molecule has 75 valence electrons. The summed E-state index contributed by atoms with van der Waals surface area (Å²) in [4.78, 5) is 2.20. The summed E-state index contributed by atoms with van der Waals surface area (Å²) < 4.78 is 0. The zero-order valence-corrected chi connectivity index (χ0v) is 8.50. The van der Waals surface area contributed by atoms with Crippen molar-refractivity contribution in [2.45, 2.75) is 25.7 Å². The van der Waals surface area contributed by atoms with E-state index < -0.39 is 0 Å². The second-order valence-electron chi connectivity index (χ2n) is 3.89. The molecular formula is C12H17N2. The van der Waals surface area contributed by atoms with Crippen LogP contribution >= 0.6 is 0 Å². The van der Waals surface area contributed by atoms with Crippen molar-refractivity contribution < 1.29 is 0 Å². The predicted octanol–water partition coefficient (Wildman–Crippen LogP) is 2.54. The molecular weight excluding hydrogens is 172 g/mol. The van der Waals surface area contributed by atoms with Gasteiger partial charge in [-0.15, -0.1) is 0 Å². The summed E-state index contributed by atoms with van der Waals surface area (Å²) in [5, 5.41) is 8.07. The van der Waals surface area contributed by atoms with E-state index in [4.69, 9.17) is 5.41 Å². The molecule has 2 nitrogen and oxygen atoms in total. The van der Waals surface area contributed by atoms with Crippen molar-refractivity contribution in [1.29, 1.82) is 5.41 Å². The summed E-state index contributed by atoms with van der Waals surface area (Å²) in [6.45, 7) is 2.13. The minimum absolute atomic E-state index is 0.717. The number of nitrogens with zero attached hydrogens (tertiary/aromatic N) is 1. The van der Waals surface area contributed by atoms with Gasteiger partial charge in [-0.1, -0.05) is 18.2 Å². The van der Waals surface area contributed by atoms with Gasteiger partial charge in [-0.3, -0.25) is 5.41 Å². The van der Waals surface area contributed by atoms with Crippen molar-refractivity contribution in [3.8, 4) is 0 Å². The summed E-state index contributed by atoms with van der Waals surface area (Å²) >= 11 is 0. The maximum Gasteiger partial charge on any atom is 0.127 e. The topological polar surface area (TPSA) is 27.1 Å². The highest BCUT2D eigenvalue weighted by Crippen LogP contribution is 2.16. The van der Waals surface area contributed by atoms with Gasteiger partial charge in [0.15, 0.2) is 0 Å². The molecule has 0 atom stereocenters. The van der Waals surface area contributed by atoms with E-state index in [-0.39, 0.29) is 0 Å². The minimum Gasteiger partial charge on any atom is -0.357 e. The first-order chi connectivity index (χ1) is 6.88. The Hall–Kier alpha value is -1.05. The van der Waals surface area contributed by atoms with Gasteiger partial charge in [-0.25, -0.2) is 0 Å². The van der Waals surface area contributed by atoms with Crippen LogP contribution in [0.25, 0.3) is 0 Å². The van der Waals surface area contributed by atoms with Crippen LogP contribution in [-0.4, -0.2) is 23.8 Å². The Kier molecular flexibility index (Phi) is 3.02. The average Bonchev–Trinajstić information content (AvgIpc) is 2.30. The zero-order valence-electron chi connectivity index (χ0n) is 8.50. The summed E-state index contributed by atoms with van der Waals surface area (Å²) in [7, 11) is 0. The monoisotopic (exact) mass is 189 g/mol. The maximum atomic E-state index is 8.07. The van der Waals surface area contributed by atoms with Gasteiger partial charge < -0.3 is 4.90 Å². The maximum absolute atomic E-state index is 8.07. The molecule has 1 saturated heterocycles. The largest absolute Gasteiger partial charge is 0.357 e. The average molecular weight is 189 g/mol. The number of likely N-dealkylation sites (tertiary alicyclic amines) is 1. The molecule has 0 spiro atoms. The predicted molar refractivity (Wildman–Crippen MR) is 59.3 cm³/mol. The Morgan fingerprint density at radius 3 is 2.64 bits per heavy atom. The summed E-state index contributed by atoms with van der Waals surface area (Å²) in [5.74, 6) is 0.717. The molecule has 0 aromatic heterocycles. The first-order valence-electron chi connectivity index (χ1n) is 5.42. The van der Waals surface area contributed by atoms with Gasteiger partial charge in [0.05, 0.1) is 0 Å². The molecule has 0 unspecified atom stereocenters. The van der Waals surface area contributed by atoms with E-state index in [1.165, 1.54) is 19.3 Å². The number of hydrogen-bond donors (Lipinski definition) is 1. The Labute approximate surface area is 85.8 Å². The Bertz CT molecular complexity index is 270. The van der Waals surface area contributed by atoms with Crippen LogP contribution < -0.4 is 0 Å². The lowest BCUT2D eigenvalue weighted by Crippen LogP contribution is -2.35. The highest BCUT2D eigenvalue weighted by molar-refractivity contribution is 5.98. The van der Waals surface area contributed by atoms with Crippen LogP contribution in [0.15, 0.2) is 23.8 Å². The zero-order chi connectivity index (χ0) is 9.80. The Morgan fingerprint density at radius 2 is 2.00 bits per heavy atom. The Morgan fingerprint density at radius 1 is 1.21 bits per heavy atom. The van der Waals surface area contributed by atoms with Crippen LogP contribution in [0.3, 0.4) is 0 Å². The standard InChI is InChI=1S/C12H17N2/c13-12(11-7-3-1-4-8-11)14-9-5-2-6-10-14/h1,3,7-8,13H,2,4-6,9-10H2. The molecule has 1 aliphatic carbocycles. The van der Waals surface area contributed by atoms with Crippen LogP contribution in [0, 0.1) is 11.8 Å². The van der Waals surface area contributed by atoms with Gasteiger partial charge in [-0.2, -0.15) is 0 Å². The first-order valence-corrected chi connectivity index (χ1v) is 5.42. The third-order valence-electron chi connectivity index (χ3n) is 2.83. The second-order valence-corrected chi connectivity index (χ2v) is 3.89. The number of amidine groups is 1. The van der Waals surface area contributed by atoms with E-state index in [1.807, 2.05) is 12.2 Å². The van der Waals surface area contributed by atoms with Crippen molar-refractivity contribution in [3.63, 3.8) is 0 Å². The lowest BCUT2D eigenvalue weighted by Gasteiger charge is -2.29. The molecule has 0 bridgehead atoms. The number of allylic oxidation sites excluding steroid dienone is 2. The van der Waals surface area contributed by atoms with Crippen LogP contribution in [0.5, 0.6) is 0 Å². The van der Waals surface area contributed by atoms with E-state index in [1.54, 1.807) is 0 Å². The molecule has 1 N–H and O–H groups in total. The van der Waals surface area contributed by atoms with Crippen LogP contribution in [0.1, 0.15) is 25.7 Å². The van der Waals surface area contributed by atoms with Crippen molar-refractivity contribution in [1.82, 2.24) is 4.90 Å². The van der Waals surface area contributed by atoms with E-state index in [2.05, 4.69) is 17.4 Å². The van der Waals surface area contributed by atoms with Crippen molar-refractivity contribution in [2.75, 3.05) is 13.1 Å². The molecule has 0 amide bonds. The second kappa shape index (κ2) is 4.45. The van der Waals surface area contributed by atoms with E-state index >= 15 is 0 Å². The fraction of sp³-hybridized carbons (Fsp3) is 0.500. The summed E-state index contributed by atoms with van der Waals surface area (Å²) in [6, 6.07) is 0. The van der Waals surface area contributed by atoms with Crippen molar-refractivity contribution in [3.05, 3.63) is 30.2 Å². The molecule has 1 heterocycles. The number of rotatable bonds is 1. The molecule has 2 rings (SSSR count). The molecule has 0 saturated carbocycles. The molecule has 14 heavy (non-hydrogen) atoms.